The van der Waals surface area contributed by atoms with Crippen molar-refractivity contribution in [2.24, 2.45) is 7.05 Å². The zero-order valence-electron chi connectivity index (χ0n) is 11.2. The quantitative estimate of drug-likeness (QED) is 0.943. The molecule has 1 aliphatic rings. The molecule has 106 valence electrons. The highest BCUT2D eigenvalue weighted by molar-refractivity contribution is 6.29. The number of hydrogen-bond acceptors (Lipinski definition) is 3. The molecule has 6 heteroatoms. The molecule has 2 heterocycles. The van der Waals surface area contributed by atoms with Crippen LogP contribution in [0.2, 0.25) is 5.28 Å². The zero-order chi connectivity index (χ0) is 14.1. The number of hydrogen-bond donors (Lipinski definition) is 1. The maximum atomic E-state index is 12.1. The fraction of sp³-hybridized carbons (Fsp3) is 0.429. The number of carbonyl (C=O) groups is 1. The Morgan fingerprint density at radius 3 is 3.20 bits per heavy atom. The average Bonchev–Trinajstić information content (AvgIpc) is 3.05. The largest absolute Gasteiger partial charge is 0.376 e. The monoisotopic (exact) mass is 293 g/mol. The fourth-order valence-electron chi connectivity index (χ4n) is 2.43. The summed E-state index contributed by atoms with van der Waals surface area (Å²) in [5, 5.41) is 3.31. The highest BCUT2D eigenvalue weighted by atomic mass is 35.5. The van der Waals surface area contributed by atoms with Crippen LogP contribution in [-0.4, -0.2) is 34.7 Å². The minimum Gasteiger partial charge on any atom is -0.376 e. The van der Waals surface area contributed by atoms with Crippen molar-refractivity contribution >= 4 is 28.5 Å². The Balaban J connectivity index is 1.74. The second-order valence-corrected chi connectivity index (χ2v) is 5.33. The Bertz CT molecular complexity index is 647. The second kappa shape index (κ2) is 5.42. The Labute approximate surface area is 121 Å². The van der Waals surface area contributed by atoms with Gasteiger partial charge in [0.1, 0.15) is 0 Å². The summed E-state index contributed by atoms with van der Waals surface area (Å²) >= 11 is 5.97. The maximum Gasteiger partial charge on any atom is 0.251 e. The summed E-state index contributed by atoms with van der Waals surface area (Å²) < 4.78 is 7.26. The number of nitrogens with zero attached hydrogens (tertiary/aromatic N) is 2. The molecule has 1 amide bonds. The molecule has 0 bridgehead atoms. The molecule has 1 aromatic carbocycles. The van der Waals surface area contributed by atoms with Gasteiger partial charge in [-0.2, -0.15) is 0 Å². The first-order valence-corrected chi connectivity index (χ1v) is 7.05. The molecule has 1 fully saturated rings. The average molecular weight is 294 g/mol. The van der Waals surface area contributed by atoms with Crippen molar-refractivity contribution in [3.05, 3.63) is 29.0 Å². The number of rotatable bonds is 3. The normalized spacial score (nSPS) is 18.6. The molecular weight excluding hydrogens is 278 g/mol. The van der Waals surface area contributed by atoms with Crippen LogP contribution in [-0.2, 0) is 11.8 Å². The van der Waals surface area contributed by atoms with Gasteiger partial charge in [0.25, 0.3) is 5.91 Å². The van der Waals surface area contributed by atoms with E-state index in [2.05, 4.69) is 10.3 Å². The summed E-state index contributed by atoms with van der Waals surface area (Å²) in [5.41, 5.74) is 2.22. The number of aryl methyl sites for hydroxylation is 1. The van der Waals surface area contributed by atoms with Gasteiger partial charge in [-0.3, -0.25) is 4.79 Å². The number of aromatic nitrogens is 2. The van der Waals surface area contributed by atoms with Crippen molar-refractivity contribution in [2.75, 3.05) is 13.2 Å². The van der Waals surface area contributed by atoms with E-state index in [1.165, 1.54) is 0 Å². The third-order valence-corrected chi connectivity index (χ3v) is 3.94. The number of fused-ring (bicyclic) bond motifs is 1. The van der Waals surface area contributed by atoms with Crippen LogP contribution in [0.25, 0.3) is 11.0 Å². The van der Waals surface area contributed by atoms with E-state index >= 15 is 0 Å². The first kappa shape index (κ1) is 13.4. The lowest BCUT2D eigenvalue weighted by Gasteiger charge is -2.10. The topological polar surface area (TPSA) is 56.2 Å². The summed E-state index contributed by atoms with van der Waals surface area (Å²) in [6.45, 7) is 1.35. The molecule has 20 heavy (non-hydrogen) atoms. The molecule has 5 nitrogen and oxygen atoms in total. The summed E-state index contributed by atoms with van der Waals surface area (Å²) in [6, 6.07) is 5.40. The highest BCUT2D eigenvalue weighted by Gasteiger charge is 2.17. The van der Waals surface area contributed by atoms with Crippen LogP contribution in [0.5, 0.6) is 0 Å². The van der Waals surface area contributed by atoms with Gasteiger partial charge in [0.05, 0.1) is 17.1 Å². The number of benzene rings is 1. The van der Waals surface area contributed by atoms with E-state index in [4.69, 9.17) is 16.3 Å². The number of nitrogens with one attached hydrogen (secondary N) is 1. The first-order chi connectivity index (χ1) is 9.65. The summed E-state index contributed by atoms with van der Waals surface area (Å²) in [5.74, 6) is -0.107. The van der Waals surface area contributed by atoms with Crippen LogP contribution in [0.4, 0.5) is 0 Å². The Hall–Kier alpha value is -1.59. The predicted octanol–water partition coefficient (Wildman–Crippen LogP) is 2.14. The van der Waals surface area contributed by atoms with Crippen LogP contribution in [0.15, 0.2) is 18.2 Å². The zero-order valence-corrected chi connectivity index (χ0v) is 12.0. The van der Waals surface area contributed by atoms with E-state index < -0.39 is 0 Å². The predicted molar refractivity (Wildman–Crippen MR) is 77.0 cm³/mol. The third-order valence-electron chi connectivity index (χ3n) is 3.60. The highest BCUT2D eigenvalue weighted by Crippen LogP contribution is 2.19. The maximum absolute atomic E-state index is 12.1. The van der Waals surface area contributed by atoms with E-state index in [9.17, 15) is 4.79 Å². The number of carbonyl (C=O) groups excluding carboxylic acids is 1. The number of ether oxygens (including phenoxy) is 1. The minimum absolute atomic E-state index is 0.107. The third kappa shape index (κ3) is 2.51. The van der Waals surface area contributed by atoms with E-state index in [0.717, 1.165) is 30.5 Å². The van der Waals surface area contributed by atoms with Gasteiger partial charge in [0.15, 0.2) is 0 Å². The smallest absolute Gasteiger partial charge is 0.251 e. The van der Waals surface area contributed by atoms with Gasteiger partial charge in [-0.1, -0.05) is 0 Å². The minimum atomic E-state index is -0.107. The summed E-state index contributed by atoms with van der Waals surface area (Å²) in [4.78, 5) is 16.3. The molecule has 1 aromatic heterocycles. The Morgan fingerprint density at radius 1 is 1.60 bits per heavy atom. The van der Waals surface area contributed by atoms with Gasteiger partial charge < -0.3 is 14.6 Å². The van der Waals surface area contributed by atoms with Gasteiger partial charge in [-0.25, -0.2) is 4.98 Å². The number of halogens is 1. The van der Waals surface area contributed by atoms with E-state index in [1.54, 1.807) is 16.7 Å². The lowest BCUT2D eigenvalue weighted by atomic mass is 10.1. The van der Waals surface area contributed by atoms with Crippen molar-refractivity contribution in [2.45, 2.75) is 18.9 Å². The second-order valence-electron chi connectivity index (χ2n) is 4.99. The molecule has 1 saturated heterocycles. The van der Waals surface area contributed by atoms with Crippen LogP contribution in [0, 0.1) is 0 Å². The van der Waals surface area contributed by atoms with Crippen molar-refractivity contribution < 1.29 is 9.53 Å². The van der Waals surface area contributed by atoms with Crippen LogP contribution in [0.3, 0.4) is 0 Å². The van der Waals surface area contributed by atoms with Gasteiger partial charge in [-0.05, 0) is 42.6 Å². The van der Waals surface area contributed by atoms with Crippen molar-refractivity contribution in [3.8, 4) is 0 Å². The lowest BCUT2D eigenvalue weighted by Crippen LogP contribution is -2.31. The van der Waals surface area contributed by atoms with Gasteiger partial charge in [-0.15, -0.1) is 0 Å². The molecule has 3 rings (SSSR count). The molecule has 1 aliphatic heterocycles. The molecule has 1 atom stereocenters. The number of amides is 1. The van der Waals surface area contributed by atoms with Gasteiger partial charge in [0, 0.05) is 25.8 Å². The lowest BCUT2D eigenvalue weighted by molar-refractivity contribution is 0.0858. The van der Waals surface area contributed by atoms with Crippen molar-refractivity contribution in [1.29, 1.82) is 0 Å². The first-order valence-electron chi connectivity index (χ1n) is 6.67. The van der Waals surface area contributed by atoms with Crippen molar-refractivity contribution in [1.82, 2.24) is 14.9 Å². The molecule has 0 radical (unpaired) electrons. The molecule has 2 aromatic rings. The van der Waals surface area contributed by atoms with Crippen molar-refractivity contribution in [3.63, 3.8) is 0 Å². The van der Waals surface area contributed by atoms with Crippen LogP contribution >= 0.6 is 11.6 Å². The molecule has 0 aliphatic carbocycles. The van der Waals surface area contributed by atoms with Crippen LogP contribution < -0.4 is 5.32 Å². The molecule has 0 saturated carbocycles. The molecule has 0 spiro atoms. The molecular formula is C14H16ClN3O2. The Kier molecular flexibility index (Phi) is 3.63. The SMILES string of the molecule is Cn1c(Cl)nc2cc(C(=O)NC[C@H]3CCCO3)ccc21. The van der Waals surface area contributed by atoms with Gasteiger partial charge >= 0.3 is 0 Å². The van der Waals surface area contributed by atoms with Gasteiger partial charge in [0.2, 0.25) is 5.28 Å². The molecule has 0 unspecified atom stereocenters. The summed E-state index contributed by atoms with van der Waals surface area (Å²) in [7, 11) is 1.84. The number of imidazole rings is 1. The Morgan fingerprint density at radius 2 is 2.45 bits per heavy atom. The molecule has 1 N–H and O–H groups in total. The fourth-order valence-corrected chi connectivity index (χ4v) is 2.61. The van der Waals surface area contributed by atoms with E-state index in [0.29, 0.717) is 17.4 Å². The standard InChI is InChI=1S/C14H16ClN3O2/c1-18-12-5-4-9(7-11(12)17-14(18)15)13(19)16-8-10-3-2-6-20-10/h4-5,7,10H,2-3,6,8H2,1H3,(H,16,19)/t10-/m1/s1. The van der Waals surface area contributed by atoms with E-state index in [1.807, 2.05) is 13.1 Å². The summed E-state index contributed by atoms with van der Waals surface area (Å²) in [6.07, 6.45) is 2.22. The van der Waals surface area contributed by atoms with Crippen LogP contribution in [0.1, 0.15) is 23.2 Å². The van der Waals surface area contributed by atoms with E-state index in [-0.39, 0.29) is 12.0 Å².